The minimum absolute atomic E-state index is 0.00333. The van der Waals surface area contributed by atoms with Crippen LogP contribution in [0, 0.1) is 12.7 Å². The van der Waals surface area contributed by atoms with E-state index in [0.717, 1.165) is 25.3 Å². The first kappa shape index (κ1) is 16.6. The topological polar surface area (TPSA) is 49.6 Å². The van der Waals surface area contributed by atoms with E-state index in [-0.39, 0.29) is 17.8 Å². The van der Waals surface area contributed by atoms with Crippen molar-refractivity contribution in [3.8, 4) is 0 Å². The average molecular weight is 331 g/mol. The third kappa shape index (κ3) is 3.82. The number of carbonyl (C=O) groups excluding carboxylic acids is 1. The van der Waals surface area contributed by atoms with E-state index in [1.165, 1.54) is 6.07 Å². The fraction of sp³-hybridized carbons (Fsp3) is 0.444. The zero-order valence-electron chi connectivity index (χ0n) is 14.0. The van der Waals surface area contributed by atoms with Crippen molar-refractivity contribution in [1.82, 2.24) is 14.8 Å². The molecule has 1 aliphatic rings. The second-order valence-corrected chi connectivity index (χ2v) is 6.28. The molecule has 24 heavy (non-hydrogen) atoms. The van der Waals surface area contributed by atoms with Crippen molar-refractivity contribution in [2.75, 3.05) is 13.1 Å². The number of hydrogen-bond acceptors (Lipinski definition) is 4. The molecule has 1 aromatic heterocycles. The lowest BCUT2D eigenvalue weighted by molar-refractivity contribution is -0.132. The Kier molecular flexibility index (Phi) is 4.94. The van der Waals surface area contributed by atoms with E-state index in [0.29, 0.717) is 24.5 Å². The quantitative estimate of drug-likeness (QED) is 0.845. The monoisotopic (exact) mass is 331 g/mol. The van der Waals surface area contributed by atoms with Crippen LogP contribution in [0.15, 0.2) is 34.9 Å². The molecule has 0 saturated carbocycles. The molecule has 128 valence electrons. The van der Waals surface area contributed by atoms with Crippen LogP contribution in [-0.2, 0) is 17.9 Å². The Bertz CT molecular complexity index is 716. The predicted octanol–water partition coefficient (Wildman–Crippen LogP) is 2.75. The standard InChI is InChI=1S/C18H22FN3O2/c1-13-9-20-18(24-13)12-22(14(2)23)16-7-8-21(11-16)10-15-5-3-4-6-17(15)19/h3-6,9,16H,7-8,10-12H2,1-2H3. The van der Waals surface area contributed by atoms with Crippen molar-refractivity contribution in [3.63, 3.8) is 0 Å². The Hall–Kier alpha value is -2.21. The first-order valence-corrected chi connectivity index (χ1v) is 8.17. The summed E-state index contributed by atoms with van der Waals surface area (Å²) >= 11 is 0. The van der Waals surface area contributed by atoms with Gasteiger partial charge in [0.15, 0.2) is 0 Å². The van der Waals surface area contributed by atoms with Crippen molar-refractivity contribution in [2.24, 2.45) is 0 Å². The Morgan fingerprint density at radius 2 is 2.25 bits per heavy atom. The maximum atomic E-state index is 13.8. The van der Waals surface area contributed by atoms with Gasteiger partial charge in [0, 0.05) is 38.2 Å². The molecule has 0 N–H and O–H groups in total. The van der Waals surface area contributed by atoms with E-state index in [4.69, 9.17) is 4.42 Å². The molecule has 1 atom stereocenters. The maximum Gasteiger partial charge on any atom is 0.220 e. The number of nitrogens with zero attached hydrogens (tertiary/aromatic N) is 3. The van der Waals surface area contributed by atoms with Gasteiger partial charge >= 0.3 is 0 Å². The number of rotatable bonds is 5. The van der Waals surface area contributed by atoms with Crippen molar-refractivity contribution < 1.29 is 13.6 Å². The van der Waals surface area contributed by atoms with Crippen molar-refractivity contribution in [1.29, 1.82) is 0 Å². The van der Waals surface area contributed by atoms with Crippen LogP contribution in [0.2, 0.25) is 0 Å². The highest BCUT2D eigenvalue weighted by molar-refractivity contribution is 5.73. The predicted molar refractivity (Wildman–Crippen MR) is 87.5 cm³/mol. The van der Waals surface area contributed by atoms with Gasteiger partial charge in [-0.1, -0.05) is 18.2 Å². The van der Waals surface area contributed by atoms with Crippen LogP contribution in [-0.4, -0.2) is 39.8 Å². The van der Waals surface area contributed by atoms with E-state index in [2.05, 4.69) is 9.88 Å². The van der Waals surface area contributed by atoms with Crippen molar-refractivity contribution in [2.45, 2.75) is 39.4 Å². The second-order valence-electron chi connectivity index (χ2n) is 6.28. The number of hydrogen-bond donors (Lipinski definition) is 0. The van der Waals surface area contributed by atoms with Gasteiger partial charge in [-0.2, -0.15) is 0 Å². The smallest absolute Gasteiger partial charge is 0.220 e. The molecular weight excluding hydrogens is 309 g/mol. The number of benzene rings is 1. The molecule has 1 aliphatic heterocycles. The molecule has 3 rings (SSSR count). The molecule has 1 fully saturated rings. The summed E-state index contributed by atoms with van der Waals surface area (Å²) in [6, 6.07) is 6.93. The molecule has 1 unspecified atom stereocenters. The third-order valence-electron chi connectivity index (χ3n) is 4.42. The minimum atomic E-state index is -0.181. The minimum Gasteiger partial charge on any atom is -0.444 e. The molecule has 0 spiro atoms. The average Bonchev–Trinajstić information content (AvgIpc) is 3.16. The van der Waals surface area contributed by atoms with Crippen molar-refractivity contribution in [3.05, 3.63) is 53.5 Å². The summed E-state index contributed by atoms with van der Waals surface area (Å²) in [6.07, 6.45) is 2.53. The number of likely N-dealkylation sites (tertiary alicyclic amines) is 1. The lowest BCUT2D eigenvalue weighted by Gasteiger charge is -2.27. The van der Waals surface area contributed by atoms with Crippen LogP contribution in [0.5, 0.6) is 0 Å². The lowest BCUT2D eigenvalue weighted by atomic mass is 10.2. The highest BCUT2D eigenvalue weighted by Crippen LogP contribution is 2.21. The number of halogens is 1. The van der Waals surface area contributed by atoms with Crippen LogP contribution in [0.1, 0.15) is 30.6 Å². The second kappa shape index (κ2) is 7.13. The number of aromatic nitrogens is 1. The number of aryl methyl sites for hydroxylation is 1. The van der Waals surface area contributed by atoms with E-state index >= 15 is 0 Å². The van der Waals surface area contributed by atoms with Crippen LogP contribution in [0.4, 0.5) is 4.39 Å². The zero-order valence-corrected chi connectivity index (χ0v) is 14.0. The molecule has 1 aromatic carbocycles. The molecule has 1 saturated heterocycles. The van der Waals surface area contributed by atoms with Crippen LogP contribution >= 0.6 is 0 Å². The molecule has 2 heterocycles. The Morgan fingerprint density at radius 3 is 2.92 bits per heavy atom. The molecular formula is C18H22FN3O2. The van der Waals surface area contributed by atoms with Gasteiger partial charge in [-0.3, -0.25) is 9.69 Å². The fourth-order valence-corrected chi connectivity index (χ4v) is 3.20. The van der Waals surface area contributed by atoms with Crippen LogP contribution < -0.4 is 0 Å². The zero-order chi connectivity index (χ0) is 17.1. The fourth-order valence-electron chi connectivity index (χ4n) is 3.20. The summed E-state index contributed by atoms with van der Waals surface area (Å²) in [4.78, 5) is 20.2. The van der Waals surface area contributed by atoms with Gasteiger partial charge in [0.05, 0.1) is 12.7 Å². The number of oxazole rings is 1. The molecule has 0 radical (unpaired) electrons. The van der Waals surface area contributed by atoms with Gasteiger partial charge in [-0.25, -0.2) is 9.37 Å². The summed E-state index contributed by atoms with van der Waals surface area (Å²) in [5.74, 6) is 1.11. The highest BCUT2D eigenvalue weighted by atomic mass is 19.1. The van der Waals surface area contributed by atoms with E-state index in [1.54, 1.807) is 30.2 Å². The largest absolute Gasteiger partial charge is 0.444 e. The normalized spacial score (nSPS) is 18.0. The summed E-state index contributed by atoms with van der Waals surface area (Å²) in [6.45, 7) is 5.91. The Morgan fingerprint density at radius 1 is 1.46 bits per heavy atom. The number of amides is 1. The molecule has 2 aromatic rings. The van der Waals surface area contributed by atoms with Crippen LogP contribution in [0.25, 0.3) is 0 Å². The first-order valence-electron chi connectivity index (χ1n) is 8.17. The first-order chi connectivity index (χ1) is 11.5. The number of carbonyl (C=O) groups is 1. The third-order valence-corrected chi connectivity index (χ3v) is 4.42. The summed E-state index contributed by atoms with van der Waals surface area (Å²) in [5, 5.41) is 0. The van der Waals surface area contributed by atoms with Crippen LogP contribution in [0.3, 0.4) is 0 Å². The Labute approximate surface area is 141 Å². The van der Waals surface area contributed by atoms with Gasteiger partial charge in [0.1, 0.15) is 11.6 Å². The maximum absolute atomic E-state index is 13.8. The van der Waals surface area contributed by atoms with Crippen molar-refractivity contribution >= 4 is 5.91 Å². The van der Waals surface area contributed by atoms with Gasteiger partial charge < -0.3 is 9.32 Å². The molecule has 1 amide bonds. The van der Waals surface area contributed by atoms with Gasteiger partial charge in [-0.15, -0.1) is 0 Å². The molecule has 0 aliphatic carbocycles. The lowest BCUT2D eigenvalue weighted by Crippen LogP contribution is -2.40. The molecule has 0 bridgehead atoms. The van der Waals surface area contributed by atoms with Gasteiger partial charge in [0.2, 0.25) is 11.8 Å². The SMILES string of the molecule is CC(=O)N(Cc1ncc(C)o1)C1CCN(Cc2ccccc2F)C1. The molecule has 6 heteroatoms. The summed E-state index contributed by atoms with van der Waals surface area (Å²) < 4.78 is 19.3. The van der Waals surface area contributed by atoms with E-state index in [9.17, 15) is 9.18 Å². The molecule has 5 nitrogen and oxygen atoms in total. The van der Waals surface area contributed by atoms with E-state index < -0.39 is 0 Å². The summed E-state index contributed by atoms with van der Waals surface area (Å²) in [7, 11) is 0. The summed E-state index contributed by atoms with van der Waals surface area (Å²) in [5.41, 5.74) is 0.691. The van der Waals surface area contributed by atoms with Gasteiger partial charge in [0.25, 0.3) is 0 Å². The Balaban J connectivity index is 1.64. The highest BCUT2D eigenvalue weighted by Gasteiger charge is 2.30. The van der Waals surface area contributed by atoms with Gasteiger partial charge in [-0.05, 0) is 19.4 Å². The van der Waals surface area contributed by atoms with E-state index in [1.807, 2.05) is 13.0 Å².